The molecule has 8 heteroatoms. The molecule has 29 heavy (non-hydrogen) atoms. The van der Waals surface area contributed by atoms with Gasteiger partial charge in [0, 0.05) is 4.88 Å². The molecule has 0 spiro atoms. The fraction of sp³-hybridized carbons (Fsp3) is 0.143. The Bertz CT molecular complexity index is 1210. The predicted octanol–water partition coefficient (Wildman–Crippen LogP) is 5.20. The van der Waals surface area contributed by atoms with E-state index in [1.807, 2.05) is 30.3 Å². The number of thiophene rings is 1. The van der Waals surface area contributed by atoms with E-state index in [0.717, 1.165) is 28.3 Å². The summed E-state index contributed by atoms with van der Waals surface area (Å²) in [6.45, 7) is 0.148. The molecule has 148 valence electrons. The molecule has 0 atom stereocenters. The summed E-state index contributed by atoms with van der Waals surface area (Å²) in [7, 11) is 1.59. The number of hydrogen-bond acceptors (Lipinski definition) is 4. The van der Waals surface area contributed by atoms with Crippen LogP contribution in [0.15, 0.2) is 65.7 Å². The van der Waals surface area contributed by atoms with Gasteiger partial charge in [0.2, 0.25) is 0 Å². The highest BCUT2D eigenvalue weighted by Gasteiger charge is 2.29. The van der Waals surface area contributed by atoms with E-state index in [9.17, 15) is 18.0 Å². The van der Waals surface area contributed by atoms with Crippen molar-refractivity contribution in [1.82, 2.24) is 9.55 Å². The van der Waals surface area contributed by atoms with Crippen molar-refractivity contribution in [2.45, 2.75) is 12.7 Å². The molecule has 0 aliphatic heterocycles. The molecule has 0 saturated carbocycles. The van der Waals surface area contributed by atoms with Crippen molar-refractivity contribution in [3.05, 3.63) is 82.4 Å². The first-order valence-corrected chi connectivity index (χ1v) is 9.46. The molecule has 0 N–H and O–H groups in total. The van der Waals surface area contributed by atoms with Crippen molar-refractivity contribution in [2.24, 2.45) is 0 Å². The first-order valence-electron chi connectivity index (χ1n) is 8.65. The number of alkyl halides is 3. The Balaban J connectivity index is 1.64. The number of fused-ring (bicyclic) bond motifs is 1. The fourth-order valence-corrected chi connectivity index (χ4v) is 4.02. The predicted molar refractivity (Wildman–Crippen MR) is 106 cm³/mol. The molecule has 4 aromatic rings. The molecule has 2 aromatic heterocycles. The van der Waals surface area contributed by atoms with Gasteiger partial charge in [-0.1, -0.05) is 12.1 Å². The summed E-state index contributed by atoms with van der Waals surface area (Å²) >= 11 is 1.34. The van der Waals surface area contributed by atoms with E-state index >= 15 is 0 Å². The smallest absolute Gasteiger partial charge is 0.416 e. The molecule has 0 fully saturated rings. The zero-order valence-electron chi connectivity index (χ0n) is 15.2. The molecule has 0 aliphatic carbocycles. The molecule has 0 radical (unpaired) electrons. The van der Waals surface area contributed by atoms with Gasteiger partial charge in [0.15, 0.2) is 0 Å². The number of halogens is 3. The summed E-state index contributed by atoms with van der Waals surface area (Å²) in [5.41, 5.74) is 1.19. The Morgan fingerprint density at radius 2 is 1.76 bits per heavy atom. The number of nitrogens with zero attached hydrogens (tertiary/aromatic N) is 2. The van der Waals surface area contributed by atoms with Crippen LogP contribution in [0, 0.1) is 0 Å². The van der Waals surface area contributed by atoms with Gasteiger partial charge in [-0.05, 0) is 53.6 Å². The van der Waals surface area contributed by atoms with Gasteiger partial charge < -0.3 is 4.74 Å². The van der Waals surface area contributed by atoms with Crippen molar-refractivity contribution in [1.29, 1.82) is 0 Å². The van der Waals surface area contributed by atoms with Gasteiger partial charge in [-0.25, -0.2) is 4.98 Å². The topological polar surface area (TPSA) is 44.1 Å². The van der Waals surface area contributed by atoms with Crippen LogP contribution in [-0.2, 0) is 12.7 Å². The average molecular weight is 416 g/mol. The van der Waals surface area contributed by atoms with E-state index in [1.54, 1.807) is 7.11 Å². The summed E-state index contributed by atoms with van der Waals surface area (Å²) in [5.74, 6) is 0.742. The second-order valence-electron chi connectivity index (χ2n) is 6.43. The SMILES string of the molecule is COc1ccc(-c2cc3ncn(Cc4ccc(C(F)(F)F)cc4)c(=O)c3s2)cc1. The summed E-state index contributed by atoms with van der Waals surface area (Å²) < 4.78 is 45.2. The molecule has 0 amide bonds. The van der Waals surface area contributed by atoms with Crippen LogP contribution in [0.1, 0.15) is 11.1 Å². The lowest BCUT2D eigenvalue weighted by molar-refractivity contribution is -0.137. The lowest BCUT2D eigenvalue weighted by Crippen LogP contribution is -2.20. The second kappa shape index (κ2) is 7.36. The van der Waals surface area contributed by atoms with E-state index < -0.39 is 11.7 Å². The minimum atomic E-state index is -4.38. The van der Waals surface area contributed by atoms with Crippen LogP contribution in [0.25, 0.3) is 20.7 Å². The standard InChI is InChI=1S/C21H15F3N2O2S/c1-28-16-8-4-14(5-9-16)18-10-17-19(29-18)20(27)26(12-25-17)11-13-2-6-15(7-3-13)21(22,23)24/h2-10,12H,11H2,1H3. The monoisotopic (exact) mass is 416 g/mol. The van der Waals surface area contributed by atoms with Gasteiger partial charge in [-0.2, -0.15) is 13.2 Å². The van der Waals surface area contributed by atoms with Crippen molar-refractivity contribution in [2.75, 3.05) is 7.11 Å². The Hall–Kier alpha value is -3.13. The van der Waals surface area contributed by atoms with Crippen molar-refractivity contribution in [3.63, 3.8) is 0 Å². The number of methoxy groups -OCH3 is 1. The third-order valence-electron chi connectivity index (χ3n) is 4.51. The summed E-state index contributed by atoms with van der Waals surface area (Å²) in [4.78, 5) is 18.1. The number of rotatable bonds is 4. The Kier molecular flexibility index (Phi) is 4.87. The quantitative estimate of drug-likeness (QED) is 0.459. The van der Waals surface area contributed by atoms with E-state index in [4.69, 9.17) is 4.74 Å². The molecule has 0 unspecified atom stereocenters. The van der Waals surface area contributed by atoms with Crippen LogP contribution in [0.4, 0.5) is 13.2 Å². The number of aromatic nitrogens is 2. The Morgan fingerprint density at radius 3 is 2.38 bits per heavy atom. The lowest BCUT2D eigenvalue weighted by atomic mass is 10.1. The van der Waals surface area contributed by atoms with E-state index in [0.29, 0.717) is 15.8 Å². The highest BCUT2D eigenvalue weighted by Crippen LogP contribution is 2.32. The minimum absolute atomic E-state index is 0.148. The van der Waals surface area contributed by atoms with Crippen LogP contribution in [0.5, 0.6) is 5.75 Å². The van der Waals surface area contributed by atoms with Gasteiger partial charge in [0.25, 0.3) is 5.56 Å². The number of benzene rings is 2. The Morgan fingerprint density at radius 1 is 1.07 bits per heavy atom. The van der Waals surface area contributed by atoms with Crippen molar-refractivity contribution >= 4 is 21.6 Å². The van der Waals surface area contributed by atoms with Crippen LogP contribution in [0.3, 0.4) is 0 Å². The minimum Gasteiger partial charge on any atom is -0.497 e. The first-order chi connectivity index (χ1) is 13.8. The maximum Gasteiger partial charge on any atom is 0.416 e. The third kappa shape index (κ3) is 3.88. The van der Waals surface area contributed by atoms with Crippen LogP contribution >= 0.6 is 11.3 Å². The number of hydrogen-bond donors (Lipinski definition) is 0. The zero-order chi connectivity index (χ0) is 20.6. The third-order valence-corrected chi connectivity index (χ3v) is 5.67. The van der Waals surface area contributed by atoms with Gasteiger partial charge in [0.05, 0.1) is 31.1 Å². The first kappa shape index (κ1) is 19.2. The maximum absolute atomic E-state index is 12.8. The molecule has 0 bridgehead atoms. The van der Waals surface area contributed by atoms with Gasteiger partial charge in [-0.3, -0.25) is 9.36 Å². The molecule has 4 nitrogen and oxygen atoms in total. The molecule has 4 rings (SSSR count). The molecule has 2 heterocycles. The largest absolute Gasteiger partial charge is 0.497 e. The zero-order valence-corrected chi connectivity index (χ0v) is 16.1. The van der Waals surface area contributed by atoms with Crippen molar-refractivity contribution in [3.8, 4) is 16.2 Å². The Labute approximate surface area is 167 Å². The van der Waals surface area contributed by atoms with Crippen LogP contribution in [-0.4, -0.2) is 16.7 Å². The van der Waals surface area contributed by atoms with E-state index in [-0.39, 0.29) is 12.1 Å². The van der Waals surface area contributed by atoms with Gasteiger partial charge in [-0.15, -0.1) is 11.3 Å². The highest BCUT2D eigenvalue weighted by molar-refractivity contribution is 7.22. The molecular weight excluding hydrogens is 401 g/mol. The van der Waals surface area contributed by atoms with Crippen LogP contribution < -0.4 is 10.3 Å². The van der Waals surface area contributed by atoms with Crippen molar-refractivity contribution < 1.29 is 17.9 Å². The van der Waals surface area contributed by atoms with E-state index in [1.165, 1.54) is 34.4 Å². The van der Waals surface area contributed by atoms with Crippen LogP contribution in [0.2, 0.25) is 0 Å². The molecule has 0 aliphatic rings. The number of ether oxygens (including phenoxy) is 1. The summed E-state index contributed by atoms with van der Waals surface area (Å²) in [6, 6.07) is 14.1. The van der Waals surface area contributed by atoms with E-state index in [2.05, 4.69) is 4.98 Å². The lowest BCUT2D eigenvalue weighted by Gasteiger charge is -2.08. The molecule has 2 aromatic carbocycles. The molecular formula is C21H15F3N2O2S. The molecule has 0 saturated heterocycles. The summed E-state index contributed by atoms with van der Waals surface area (Å²) in [5, 5.41) is 0. The van der Waals surface area contributed by atoms with Gasteiger partial charge >= 0.3 is 6.18 Å². The normalized spacial score (nSPS) is 11.7. The second-order valence-corrected chi connectivity index (χ2v) is 7.48. The maximum atomic E-state index is 12.8. The fourth-order valence-electron chi connectivity index (χ4n) is 2.95. The summed E-state index contributed by atoms with van der Waals surface area (Å²) in [6.07, 6.45) is -2.96. The highest BCUT2D eigenvalue weighted by atomic mass is 32.1. The van der Waals surface area contributed by atoms with Gasteiger partial charge in [0.1, 0.15) is 10.4 Å². The average Bonchev–Trinajstić information content (AvgIpc) is 3.15.